The van der Waals surface area contributed by atoms with Crippen LogP contribution in [0.3, 0.4) is 0 Å². The molecule has 0 atom stereocenters. The zero-order valence-corrected chi connectivity index (χ0v) is 28.4. The quantitative estimate of drug-likeness (QED) is 0.176. The van der Waals surface area contributed by atoms with E-state index in [1.54, 1.807) is 0 Å². The molecular weight excluding hydrogens is 631 g/mol. The van der Waals surface area contributed by atoms with E-state index in [2.05, 4.69) is 193 Å². The Bertz CT molecular complexity index is 2880. The van der Waals surface area contributed by atoms with Crippen molar-refractivity contribution in [3.63, 3.8) is 0 Å². The van der Waals surface area contributed by atoms with Gasteiger partial charge in [-0.15, -0.1) is 0 Å². The largest absolute Gasteiger partial charge is 0.456 e. The highest BCUT2D eigenvalue weighted by Crippen LogP contribution is 2.41. The molecule has 2 heteroatoms. The fourth-order valence-corrected chi connectivity index (χ4v) is 7.79. The van der Waals surface area contributed by atoms with Crippen LogP contribution in [0.2, 0.25) is 0 Å². The third-order valence-electron chi connectivity index (χ3n) is 10.3. The molecule has 0 N–H and O–H groups in total. The lowest BCUT2D eigenvalue weighted by Gasteiger charge is -2.26. The molecule has 2 nitrogen and oxygen atoms in total. The number of hydrogen-bond acceptors (Lipinski definition) is 2. The summed E-state index contributed by atoms with van der Waals surface area (Å²) in [6.45, 7) is 0. The summed E-state index contributed by atoms with van der Waals surface area (Å²) in [5.74, 6) is 0. The molecule has 52 heavy (non-hydrogen) atoms. The van der Waals surface area contributed by atoms with Gasteiger partial charge in [-0.25, -0.2) is 0 Å². The van der Waals surface area contributed by atoms with Crippen LogP contribution in [0.15, 0.2) is 205 Å². The number of nitrogens with zero attached hydrogens (tertiary/aromatic N) is 1. The van der Waals surface area contributed by atoms with E-state index in [4.69, 9.17) is 4.42 Å². The second-order valence-electron chi connectivity index (χ2n) is 13.3. The maximum Gasteiger partial charge on any atom is 0.137 e. The summed E-state index contributed by atoms with van der Waals surface area (Å²) < 4.78 is 6.37. The van der Waals surface area contributed by atoms with Crippen LogP contribution in [-0.4, -0.2) is 0 Å². The van der Waals surface area contributed by atoms with E-state index in [9.17, 15) is 0 Å². The van der Waals surface area contributed by atoms with Crippen LogP contribution in [0.1, 0.15) is 0 Å². The average Bonchev–Trinajstić information content (AvgIpc) is 3.59. The highest BCUT2D eigenvalue weighted by atomic mass is 16.3. The number of para-hydroxylation sites is 1. The summed E-state index contributed by atoms with van der Waals surface area (Å²) in [7, 11) is 0. The molecule has 0 fully saturated rings. The van der Waals surface area contributed by atoms with Crippen LogP contribution < -0.4 is 4.90 Å². The summed E-state index contributed by atoms with van der Waals surface area (Å²) in [5, 5.41) is 7.24. The van der Waals surface area contributed by atoms with E-state index in [1.165, 1.54) is 54.9 Å². The van der Waals surface area contributed by atoms with Gasteiger partial charge >= 0.3 is 0 Å². The molecule has 10 aromatic rings. The van der Waals surface area contributed by atoms with Crippen LogP contribution in [0, 0.1) is 0 Å². The fourth-order valence-electron chi connectivity index (χ4n) is 7.79. The van der Waals surface area contributed by atoms with Gasteiger partial charge < -0.3 is 9.32 Å². The zero-order chi connectivity index (χ0) is 34.4. The van der Waals surface area contributed by atoms with Crippen molar-refractivity contribution in [2.45, 2.75) is 0 Å². The third kappa shape index (κ3) is 5.12. The molecule has 1 aromatic heterocycles. The molecule has 1 heterocycles. The third-order valence-corrected chi connectivity index (χ3v) is 10.3. The van der Waals surface area contributed by atoms with E-state index in [-0.39, 0.29) is 0 Å². The Hall–Kier alpha value is -6.90. The summed E-state index contributed by atoms with van der Waals surface area (Å²) in [5.41, 5.74) is 12.2. The van der Waals surface area contributed by atoms with Crippen molar-refractivity contribution in [3.8, 4) is 33.4 Å². The summed E-state index contributed by atoms with van der Waals surface area (Å²) in [6.07, 6.45) is 0. The fraction of sp³-hybridized carbons (Fsp3) is 0. The molecule has 0 spiro atoms. The lowest BCUT2D eigenvalue weighted by molar-refractivity contribution is 0.669. The predicted octanol–water partition coefficient (Wildman–Crippen LogP) is 14.4. The average molecular weight is 664 g/mol. The molecule has 0 amide bonds. The number of anilines is 3. The van der Waals surface area contributed by atoms with E-state index in [0.29, 0.717) is 0 Å². The Kier molecular flexibility index (Phi) is 7.18. The SMILES string of the molecule is c1ccc(-c2cccc3c(-c4ccc(N(c5ccc(-c6cccc7ccccc67)cc5)c5ccc6c(c5)oc5ccccc56)cc4)cccc23)cc1. The first-order valence-electron chi connectivity index (χ1n) is 17.8. The molecule has 0 saturated heterocycles. The number of rotatable bonds is 6. The van der Waals surface area contributed by atoms with Crippen molar-refractivity contribution in [1.29, 1.82) is 0 Å². The molecule has 0 saturated carbocycles. The first kappa shape index (κ1) is 30.0. The maximum atomic E-state index is 6.37. The Morgan fingerprint density at radius 3 is 1.42 bits per heavy atom. The van der Waals surface area contributed by atoms with Gasteiger partial charge in [-0.1, -0.05) is 152 Å². The maximum absolute atomic E-state index is 6.37. The van der Waals surface area contributed by atoms with E-state index in [0.717, 1.165) is 39.0 Å². The Morgan fingerprint density at radius 1 is 0.288 bits per heavy atom. The van der Waals surface area contributed by atoms with E-state index < -0.39 is 0 Å². The second kappa shape index (κ2) is 12.5. The van der Waals surface area contributed by atoms with Crippen molar-refractivity contribution < 1.29 is 4.42 Å². The molecule has 0 aliphatic rings. The predicted molar refractivity (Wildman–Crippen MR) is 220 cm³/mol. The lowest BCUT2D eigenvalue weighted by atomic mass is 9.93. The van der Waals surface area contributed by atoms with Crippen LogP contribution in [-0.2, 0) is 0 Å². The van der Waals surface area contributed by atoms with Gasteiger partial charge in [0.15, 0.2) is 0 Å². The summed E-state index contributed by atoms with van der Waals surface area (Å²) >= 11 is 0. The van der Waals surface area contributed by atoms with Gasteiger partial charge in [0.25, 0.3) is 0 Å². The molecule has 0 bridgehead atoms. The second-order valence-corrected chi connectivity index (χ2v) is 13.3. The minimum absolute atomic E-state index is 0.873. The minimum atomic E-state index is 0.873. The first-order valence-corrected chi connectivity index (χ1v) is 17.8. The van der Waals surface area contributed by atoms with E-state index >= 15 is 0 Å². The van der Waals surface area contributed by atoms with Crippen molar-refractivity contribution in [2.24, 2.45) is 0 Å². The number of fused-ring (bicyclic) bond motifs is 5. The highest BCUT2D eigenvalue weighted by molar-refractivity contribution is 6.07. The monoisotopic (exact) mass is 663 g/mol. The van der Waals surface area contributed by atoms with Crippen LogP contribution >= 0.6 is 0 Å². The minimum Gasteiger partial charge on any atom is -0.456 e. The van der Waals surface area contributed by atoms with Gasteiger partial charge in [0.05, 0.1) is 0 Å². The Balaban J connectivity index is 1.08. The number of hydrogen-bond donors (Lipinski definition) is 0. The van der Waals surface area contributed by atoms with E-state index in [1.807, 2.05) is 12.1 Å². The number of benzene rings is 9. The smallest absolute Gasteiger partial charge is 0.137 e. The molecule has 0 radical (unpaired) electrons. The molecule has 10 rings (SSSR count). The Labute approximate surface area is 302 Å². The van der Waals surface area contributed by atoms with Gasteiger partial charge in [0, 0.05) is 33.9 Å². The molecule has 0 aliphatic heterocycles. The first-order chi connectivity index (χ1) is 25.8. The summed E-state index contributed by atoms with van der Waals surface area (Å²) in [6, 6.07) is 71.7. The lowest BCUT2D eigenvalue weighted by Crippen LogP contribution is -2.09. The zero-order valence-electron chi connectivity index (χ0n) is 28.4. The standard InChI is InChI=1S/C50H33NO/c1-2-11-34(12-3-1)43-18-9-21-46-44(19-10-20-45(43)46)37-25-29-39(30-26-37)51(40-31-32-48-47-16-6-7-22-49(47)52-50(48)33-40)38-27-23-36(24-28-38)42-17-8-14-35-13-4-5-15-41(35)42/h1-33H. The molecule has 0 unspecified atom stereocenters. The van der Waals surface area contributed by atoms with Gasteiger partial charge in [-0.05, 0) is 97.4 Å². The van der Waals surface area contributed by atoms with Crippen molar-refractivity contribution in [2.75, 3.05) is 4.90 Å². The number of furan rings is 1. The topological polar surface area (TPSA) is 16.4 Å². The molecule has 0 aliphatic carbocycles. The van der Waals surface area contributed by atoms with Gasteiger partial charge in [0.2, 0.25) is 0 Å². The van der Waals surface area contributed by atoms with Crippen molar-refractivity contribution in [1.82, 2.24) is 0 Å². The van der Waals surface area contributed by atoms with Gasteiger partial charge in [-0.3, -0.25) is 0 Å². The molecule has 9 aromatic carbocycles. The molecular formula is C50H33NO. The van der Waals surface area contributed by atoms with Crippen LogP contribution in [0.5, 0.6) is 0 Å². The molecule has 244 valence electrons. The van der Waals surface area contributed by atoms with Crippen LogP contribution in [0.25, 0.3) is 76.9 Å². The van der Waals surface area contributed by atoms with Crippen LogP contribution in [0.4, 0.5) is 17.1 Å². The van der Waals surface area contributed by atoms with Gasteiger partial charge in [-0.2, -0.15) is 0 Å². The normalized spacial score (nSPS) is 11.5. The Morgan fingerprint density at radius 2 is 0.750 bits per heavy atom. The van der Waals surface area contributed by atoms with Crippen molar-refractivity contribution >= 4 is 60.5 Å². The highest BCUT2D eigenvalue weighted by Gasteiger charge is 2.17. The van der Waals surface area contributed by atoms with Gasteiger partial charge in [0.1, 0.15) is 11.2 Å². The van der Waals surface area contributed by atoms with Crippen molar-refractivity contribution in [3.05, 3.63) is 200 Å². The summed E-state index contributed by atoms with van der Waals surface area (Å²) in [4.78, 5) is 2.32.